The van der Waals surface area contributed by atoms with Crippen LogP contribution in [0, 0.1) is 34.2 Å². The van der Waals surface area contributed by atoms with Crippen LogP contribution >= 0.6 is 0 Å². The van der Waals surface area contributed by atoms with Gasteiger partial charge in [0.2, 0.25) is 5.82 Å². The van der Waals surface area contributed by atoms with E-state index in [0.717, 1.165) is 44.4 Å². The van der Waals surface area contributed by atoms with Crippen molar-refractivity contribution in [2.24, 2.45) is 5.41 Å². The third kappa shape index (κ3) is 6.38. The molecule has 1 atom stereocenters. The van der Waals surface area contributed by atoms with Gasteiger partial charge in [0.25, 0.3) is 5.91 Å². The van der Waals surface area contributed by atoms with E-state index in [-0.39, 0.29) is 58.1 Å². The van der Waals surface area contributed by atoms with Gasteiger partial charge in [-0.2, -0.15) is 14.8 Å². The van der Waals surface area contributed by atoms with E-state index in [9.17, 15) is 18.8 Å². The molecule has 13 heteroatoms. The van der Waals surface area contributed by atoms with Crippen molar-refractivity contribution in [2.75, 3.05) is 39.5 Å². The first kappa shape index (κ1) is 32.0. The molecule has 1 aliphatic heterocycles. The summed E-state index contributed by atoms with van der Waals surface area (Å²) in [4.78, 5) is 26.1. The molecular weight excluding hydrogens is 609 g/mol. The van der Waals surface area contributed by atoms with Crippen LogP contribution in [0.3, 0.4) is 0 Å². The van der Waals surface area contributed by atoms with E-state index >= 15 is 4.39 Å². The third-order valence-corrected chi connectivity index (χ3v) is 8.92. The fourth-order valence-electron chi connectivity index (χ4n) is 6.89. The maximum atomic E-state index is 15.6. The number of nitrogen functional groups attached to an aromatic ring is 1. The molecule has 1 saturated heterocycles. The first-order valence-electron chi connectivity index (χ1n) is 15.6. The summed E-state index contributed by atoms with van der Waals surface area (Å²) in [7, 11) is 4.00. The average Bonchev–Trinajstić information content (AvgIpc) is 3.67. The Hall–Kier alpha value is -4.96. The van der Waals surface area contributed by atoms with Gasteiger partial charge in [-0.15, -0.1) is 0 Å². The maximum Gasteiger partial charge on any atom is 0.264 e. The smallest absolute Gasteiger partial charge is 0.264 e. The fraction of sp³-hybridized carbons (Fsp3) is 0.382. The van der Waals surface area contributed by atoms with Crippen LogP contribution in [0.1, 0.15) is 44.6 Å². The minimum atomic E-state index is -1.18. The lowest BCUT2D eigenvalue weighted by Crippen LogP contribution is -2.42. The van der Waals surface area contributed by atoms with Crippen molar-refractivity contribution >= 4 is 22.8 Å². The highest BCUT2D eigenvalue weighted by Crippen LogP contribution is 2.41. The zero-order valence-electron chi connectivity index (χ0n) is 26.2. The van der Waals surface area contributed by atoms with Crippen LogP contribution < -0.4 is 10.5 Å². The number of nitrogens with zero attached hydrogens (tertiary/aromatic N) is 7. The predicted octanol–water partition coefficient (Wildman–Crippen LogP) is 6.02. The maximum absolute atomic E-state index is 15.6. The number of nitrogens with two attached hydrogens (primary N) is 1. The van der Waals surface area contributed by atoms with E-state index < -0.39 is 17.5 Å². The molecule has 47 heavy (non-hydrogen) atoms. The van der Waals surface area contributed by atoms with Gasteiger partial charge in [-0.05, 0) is 64.0 Å². The van der Waals surface area contributed by atoms with Gasteiger partial charge in [0.1, 0.15) is 41.0 Å². The molecule has 4 aromatic rings. The van der Waals surface area contributed by atoms with Gasteiger partial charge in [0.05, 0.1) is 11.4 Å². The number of piperidine rings is 1. The Balaban J connectivity index is 1.30. The number of amides is 1. The van der Waals surface area contributed by atoms with Crippen molar-refractivity contribution in [3.63, 3.8) is 0 Å². The van der Waals surface area contributed by atoms with E-state index in [2.05, 4.69) is 20.9 Å². The number of ether oxygens (including phenoxy) is 1. The topological polar surface area (TPSA) is 126 Å². The number of aromatic nitrogens is 4. The van der Waals surface area contributed by atoms with Crippen molar-refractivity contribution < 1.29 is 22.7 Å². The molecule has 1 amide bonds. The number of likely N-dealkylation sites (tertiary alicyclic amines) is 1. The van der Waals surface area contributed by atoms with E-state index in [0.29, 0.717) is 30.4 Å². The van der Waals surface area contributed by atoms with Gasteiger partial charge in [0, 0.05) is 36.7 Å². The second-order valence-corrected chi connectivity index (χ2v) is 12.6. The zero-order valence-corrected chi connectivity index (χ0v) is 26.2. The molecule has 0 radical (unpaired) electrons. The number of benzene rings is 2. The Bertz CT molecular complexity index is 1890. The largest absolute Gasteiger partial charge is 0.454 e. The summed E-state index contributed by atoms with van der Waals surface area (Å²) < 4.78 is 50.5. The molecule has 3 heterocycles. The van der Waals surface area contributed by atoms with Crippen LogP contribution in [0.4, 0.5) is 19.0 Å². The van der Waals surface area contributed by atoms with E-state index in [4.69, 9.17) is 15.6 Å². The highest BCUT2D eigenvalue weighted by molar-refractivity contribution is 5.99. The molecule has 0 unspecified atom stereocenters. The molecule has 2 fully saturated rings. The molecule has 244 valence electrons. The van der Waals surface area contributed by atoms with E-state index in [1.807, 2.05) is 20.2 Å². The molecule has 2 aromatic carbocycles. The average molecular weight is 645 g/mol. The lowest BCUT2D eigenvalue weighted by molar-refractivity contribution is -0.128. The lowest BCUT2D eigenvalue weighted by atomic mass is 9.83. The Morgan fingerprint density at radius 2 is 1.94 bits per heavy atom. The van der Waals surface area contributed by atoms with Gasteiger partial charge in [0.15, 0.2) is 17.2 Å². The van der Waals surface area contributed by atoms with Crippen molar-refractivity contribution in [3.05, 3.63) is 71.8 Å². The molecule has 2 N–H and O–H groups in total. The summed E-state index contributed by atoms with van der Waals surface area (Å²) >= 11 is 0. The summed E-state index contributed by atoms with van der Waals surface area (Å²) in [5.74, 6) is -3.66. The number of fused-ring (bicyclic) bond motifs is 1. The Morgan fingerprint density at radius 1 is 1.15 bits per heavy atom. The van der Waals surface area contributed by atoms with E-state index in [1.165, 1.54) is 30.6 Å². The number of hydrogen-bond acceptors (Lipinski definition) is 8. The first-order chi connectivity index (χ1) is 22.6. The molecule has 1 saturated carbocycles. The number of nitriles is 1. The summed E-state index contributed by atoms with van der Waals surface area (Å²) in [6.07, 6.45) is 8.49. The van der Waals surface area contributed by atoms with Gasteiger partial charge < -0.3 is 20.3 Å². The van der Waals surface area contributed by atoms with Crippen molar-refractivity contribution in [1.82, 2.24) is 29.5 Å². The zero-order chi connectivity index (χ0) is 33.3. The minimum Gasteiger partial charge on any atom is -0.454 e. The van der Waals surface area contributed by atoms with Crippen molar-refractivity contribution in [1.29, 1.82) is 5.26 Å². The SMILES string of the molecule is CN(C)CC1(/C=C(\C#N)C(=O)N2CCC[C@H](n3nc(-c4ccc(Oc5cccc(F)c5F)cc4F)c4c(N)ncnc43)C2)CCCC1. The number of carbonyl (C=O) groups excluding carboxylic acids is 1. The molecule has 2 aliphatic rings. The third-order valence-electron chi connectivity index (χ3n) is 8.92. The molecule has 2 aromatic heterocycles. The Labute approximate surface area is 270 Å². The lowest BCUT2D eigenvalue weighted by Gasteiger charge is -2.34. The van der Waals surface area contributed by atoms with Crippen LogP contribution in [0.15, 0.2) is 54.4 Å². The number of carbonyl (C=O) groups is 1. The number of anilines is 1. The minimum absolute atomic E-state index is 0.0449. The van der Waals surface area contributed by atoms with Gasteiger partial charge in [-0.3, -0.25) is 4.79 Å². The van der Waals surface area contributed by atoms with Gasteiger partial charge >= 0.3 is 0 Å². The number of hydrogen-bond donors (Lipinski definition) is 1. The monoisotopic (exact) mass is 644 g/mol. The summed E-state index contributed by atoms with van der Waals surface area (Å²) in [5, 5.41) is 15.2. The Kier molecular flexibility index (Phi) is 8.88. The molecule has 6 rings (SSSR count). The predicted molar refractivity (Wildman–Crippen MR) is 170 cm³/mol. The molecule has 10 nitrogen and oxygen atoms in total. The van der Waals surface area contributed by atoms with Crippen LogP contribution in [0.5, 0.6) is 11.5 Å². The van der Waals surface area contributed by atoms with Crippen molar-refractivity contribution in [2.45, 2.75) is 44.6 Å². The first-order valence-corrected chi connectivity index (χ1v) is 15.6. The van der Waals surface area contributed by atoms with Crippen LogP contribution in [-0.4, -0.2) is 69.2 Å². The highest BCUT2D eigenvalue weighted by Gasteiger charge is 2.36. The van der Waals surface area contributed by atoms with Gasteiger partial charge in [-0.25, -0.2) is 23.4 Å². The van der Waals surface area contributed by atoms with Crippen LogP contribution in [-0.2, 0) is 4.79 Å². The summed E-state index contributed by atoms with van der Waals surface area (Å²) in [6, 6.07) is 9.20. The van der Waals surface area contributed by atoms with Crippen LogP contribution in [0.2, 0.25) is 0 Å². The van der Waals surface area contributed by atoms with Crippen molar-refractivity contribution in [3.8, 4) is 28.8 Å². The second kappa shape index (κ2) is 13.0. The van der Waals surface area contributed by atoms with Crippen LogP contribution in [0.25, 0.3) is 22.3 Å². The number of halogens is 3. The highest BCUT2D eigenvalue weighted by atomic mass is 19.2. The summed E-state index contributed by atoms with van der Waals surface area (Å²) in [6.45, 7) is 1.52. The summed E-state index contributed by atoms with van der Waals surface area (Å²) in [5.41, 5.74) is 6.84. The second-order valence-electron chi connectivity index (χ2n) is 12.6. The normalized spacial score (nSPS) is 18.1. The van der Waals surface area contributed by atoms with E-state index in [1.54, 1.807) is 9.58 Å². The molecule has 0 spiro atoms. The molecular formula is C34H35F3N8O2. The van der Waals surface area contributed by atoms with Gasteiger partial charge in [-0.1, -0.05) is 25.0 Å². The standard InChI is InChI=1S/C34H35F3N8O2/c1-43(2)19-34(12-3-4-13-34)16-21(17-38)33(46)44-14-6-7-22(18-44)45-32-28(31(39)40-20-41-32)30(42-45)24-11-10-23(15-26(24)36)47-27-9-5-8-25(35)29(27)37/h5,8-11,15-16,20,22H,3-4,6-7,12-14,18-19H2,1-2H3,(H2,39,40,41)/b21-16+/t22-/m0/s1. The number of rotatable bonds is 8. The molecule has 1 aliphatic carbocycles. The quantitative estimate of drug-likeness (QED) is 0.182. The molecule has 0 bridgehead atoms. The Morgan fingerprint density at radius 3 is 2.66 bits per heavy atom. The fourth-order valence-corrected chi connectivity index (χ4v) is 6.89.